The van der Waals surface area contributed by atoms with Crippen molar-refractivity contribution in [2.45, 2.75) is 58.6 Å². The fraction of sp³-hybridized carbons (Fsp3) is 0.917. The Kier molecular flexibility index (Phi) is 6.02. The molecular formula is C12H23NO2S. The molecular weight excluding hydrogens is 222 g/mol. The van der Waals surface area contributed by atoms with Gasteiger partial charge in [-0.3, -0.25) is 0 Å². The van der Waals surface area contributed by atoms with Gasteiger partial charge in [-0.2, -0.15) is 5.26 Å². The van der Waals surface area contributed by atoms with Crippen LogP contribution in [0.4, 0.5) is 0 Å². The average molecular weight is 245 g/mol. The molecule has 1 unspecified atom stereocenters. The number of sulfone groups is 1. The molecule has 4 heteroatoms. The standard InChI is InChI=1S/C12H23NO2S/c1-5-11(2)16(14,15)9-7-6-8-12(3,4)10-13/h11H,5-9H2,1-4H3. The predicted molar refractivity (Wildman–Crippen MR) is 66.8 cm³/mol. The van der Waals surface area contributed by atoms with Crippen molar-refractivity contribution in [3.63, 3.8) is 0 Å². The Hall–Kier alpha value is -0.560. The number of nitriles is 1. The van der Waals surface area contributed by atoms with Crippen LogP contribution in [0.15, 0.2) is 0 Å². The summed E-state index contributed by atoms with van der Waals surface area (Å²) in [6.45, 7) is 7.42. The van der Waals surface area contributed by atoms with Gasteiger partial charge >= 0.3 is 0 Å². The Labute approximate surface area is 99.8 Å². The first-order chi connectivity index (χ1) is 7.25. The topological polar surface area (TPSA) is 57.9 Å². The van der Waals surface area contributed by atoms with Gasteiger partial charge in [0.2, 0.25) is 0 Å². The quantitative estimate of drug-likeness (QED) is 0.648. The number of hydrogen-bond acceptors (Lipinski definition) is 3. The van der Waals surface area contributed by atoms with Gasteiger partial charge in [-0.1, -0.05) is 13.3 Å². The molecule has 0 radical (unpaired) electrons. The third kappa shape index (κ3) is 5.50. The molecule has 3 nitrogen and oxygen atoms in total. The van der Waals surface area contributed by atoms with E-state index in [-0.39, 0.29) is 16.4 Å². The summed E-state index contributed by atoms with van der Waals surface area (Å²) in [4.78, 5) is 0. The zero-order valence-corrected chi connectivity index (χ0v) is 11.6. The van der Waals surface area contributed by atoms with Crippen LogP contribution < -0.4 is 0 Å². The summed E-state index contributed by atoms with van der Waals surface area (Å²) in [7, 11) is -2.92. The molecule has 0 N–H and O–H groups in total. The van der Waals surface area contributed by atoms with Gasteiger partial charge < -0.3 is 0 Å². The highest BCUT2D eigenvalue weighted by Gasteiger charge is 2.20. The lowest BCUT2D eigenvalue weighted by molar-refractivity contribution is 0.431. The molecule has 0 amide bonds. The molecule has 0 aromatic carbocycles. The highest BCUT2D eigenvalue weighted by molar-refractivity contribution is 7.91. The second-order valence-electron chi connectivity index (χ2n) is 5.04. The molecule has 94 valence electrons. The van der Waals surface area contributed by atoms with Gasteiger partial charge in [0.05, 0.1) is 22.5 Å². The van der Waals surface area contributed by atoms with Gasteiger partial charge in [-0.15, -0.1) is 0 Å². The third-order valence-corrected chi connectivity index (χ3v) is 5.39. The van der Waals surface area contributed by atoms with E-state index in [4.69, 9.17) is 5.26 Å². The van der Waals surface area contributed by atoms with Crippen molar-refractivity contribution >= 4 is 9.84 Å². The lowest BCUT2D eigenvalue weighted by Gasteiger charge is -2.15. The summed E-state index contributed by atoms with van der Waals surface area (Å²) < 4.78 is 23.4. The monoisotopic (exact) mass is 245 g/mol. The molecule has 0 spiro atoms. The highest BCUT2D eigenvalue weighted by Crippen LogP contribution is 2.22. The minimum Gasteiger partial charge on any atom is -0.229 e. The second kappa shape index (κ2) is 6.24. The maximum atomic E-state index is 11.7. The normalized spacial score (nSPS) is 14.4. The van der Waals surface area contributed by atoms with Gasteiger partial charge in [-0.25, -0.2) is 8.42 Å². The Morgan fingerprint density at radius 2 is 1.88 bits per heavy atom. The van der Waals surface area contributed by atoms with Crippen molar-refractivity contribution in [3.8, 4) is 6.07 Å². The van der Waals surface area contributed by atoms with Gasteiger partial charge in [-0.05, 0) is 40.0 Å². The third-order valence-electron chi connectivity index (χ3n) is 2.97. The van der Waals surface area contributed by atoms with Gasteiger partial charge in [0, 0.05) is 0 Å². The van der Waals surface area contributed by atoms with Gasteiger partial charge in [0.1, 0.15) is 0 Å². The van der Waals surface area contributed by atoms with Crippen LogP contribution in [-0.4, -0.2) is 19.4 Å². The molecule has 1 atom stereocenters. The number of hydrogen-bond donors (Lipinski definition) is 0. The Morgan fingerprint density at radius 1 is 1.31 bits per heavy atom. The molecule has 0 heterocycles. The molecule has 0 aliphatic heterocycles. The van der Waals surface area contributed by atoms with Crippen LogP contribution in [0.1, 0.15) is 53.4 Å². The van der Waals surface area contributed by atoms with Crippen LogP contribution in [0.3, 0.4) is 0 Å². The molecule has 0 aliphatic rings. The molecule has 0 aromatic heterocycles. The summed E-state index contributed by atoms with van der Waals surface area (Å²) >= 11 is 0. The van der Waals surface area contributed by atoms with Crippen molar-refractivity contribution < 1.29 is 8.42 Å². The fourth-order valence-corrected chi connectivity index (χ4v) is 2.90. The Morgan fingerprint density at radius 3 is 2.31 bits per heavy atom. The van der Waals surface area contributed by atoms with E-state index < -0.39 is 9.84 Å². The van der Waals surface area contributed by atoms with Crippen molar-refractivity contribution in [2.24, 2.45) is 5.41 Å². The molecule has 0 fully saturated rings. The average Bonchev–Trinajstić information content (AvgIpc) is 2.23. The summed E-state index contributed by atoms with van der Waals surface area (Å²) in [5, 5.41) is 8.57. The zero-order chi connectivity index (χ0) is 12.8. The van der Waals surface area contributed by atoms with Crippen LogP contribution in [0.2, 0.25) is 0 Å². The van der Waals surface area contributed by atoms with E-state index in [1.807, 2.05) is 20.8 Å². The Bertz CT molecular complexity index is 339. The first-order valence-electron chi connectivity index (χ1n) is 5.88. The van der Waals surface area contributed by atoms with Crippen LogP contribution in [0, 0.1) is 16.7 Å². The van der Waals surface area contributed by atoms with E-state index in [1.54, 1.807) is 6.92 Å². The molecule has 0 saturated carbocycles. The summed E-state index contributed by atoms with van der Waals surface area (Å²) in [6, 6.07) is 2.22. The van der Waals surface area contributed by atoms with Crippen LogP contribution >= 0.6 is 0 Å². The summed E-state index contributed by atoms with van der Waals surface area (Å²) in [5.41, 5.74) is -0.333. The second-order valence-corrected chi connectivity index (χ2v) is 7.58. The molecule has 0 aliphatic carbocycles. The number of nitrogens with zero attached hydrogens (tertiary/aromatic N) is 1. The first kappa shape index (κ1) is 15.4. The summed E-state index contributed by atoms with van der Waals surface area (Å²) in [6.07, 6.45) is 2.90. The fourth-order valence-electron chi connectivity index (χ4n) is 1.38. The number of unbranched alkanes of at least 4 members (excludes halogenated alkanes) is 1. The molecule has 0 aromatic rings. The van der Waals surface area contributed by atoms with Crippen molar-refractivity contribution in [1.82, 2.24) is 0 Å². The molecule has 16 heavy (non-hydrogen) atoms. The van der Waals surface area contributed by atoms with E-state index >= 15 is 0 Å². The van der Waals surface area contributed by atoms with Crippen LogP contribution in [0.5, 0.6) is 0 Å². The van der Waals surface area contributed by atoms with E-state index in [0.717, 1.165) is 12.8 Å². The van der Waals surface area contributed by atoms with Gasteiger partial charge in [0.15, 0.2) is 9.84 Å². The maximum absolute atomic E-state index is 11.7. The molecule has 0 rings (SSSR count). The van der Waals surface area contributed by atoms with E-state index in [0.29, 0.717) is 12.8 Å². The van der Waals surface area contributed by atoms with Crippen LogP contribution in [-0.2, 0) is 9.84 Å². The van der Waals surface area contributed by atoms with Crippen molar-refractivity contribution in [3.05, 3.63) is 0 Å². The lowest BCUT2D eigenvalue weighted by atomic mass is 9.89. The highest BCUT2D eigenvalue weighted by atomic mass is 32.2. The van der Waals surface area contributed by atoms with Crippen LogP contribution in [0.25, 0.3) is 0 Å². The first-order valence-corrected chi connectivity index (χ1v) is 7.59. The predicted octanol–water partition coefficient (Wildman–Crippen LogP) is 2.92. The summed E-state index contributed by atoms with van der Waals surface area (Å²) in [5.74, 6) is 0.253. The minimum atomic E-state index is -2.92. The van der Waals surface area contributed by atoms with E-state index in [1.165, 1.54) is 0 Å². The van der Waals surface area contributed by atoms with Gasteiger partial charge in [0.25, 0.3) is 0 Å². The number of rotatable bonds is 7. The SMILES string of the molecule is CCC(C)S(=O)(=O)CCCCC(C)(C)C#N. The van der Waals surface area contributed by atoms with Crippen molar-refractivity contribution in [2.75, 3.05) is 5.75 Å². The molecule has 0 saturated heterocycles. The molecule has 0 bridgehead atoms. The van der Waals surface area contributed by atoms with E-state index in [9.17, 15) is 8.42 Å². The lowest BCUT2D eigenvalue weighted by Crippen LogP contribution is -2.20. The largest absolute Gasteiger partial charge is 0.229 e. The van der Waals surface area contributed by atoms with Crippen molar-refractivity contribution in [1.29, 1.82) is 5.26 Å². The zero-order valence-electron chi connectivity index (χ0n) is 10.8. The Balaban J connectivity index is 3.98. The smallest absolute Gasteiger partial charge is 0.152 e. The van der Waals surface area contributed by atoms with E-state index in [2.05, 4.69) is 6.07 Å². The minimum absolute atomic E-state index is 0.239. The maximum Gasteiger partial charge on any atom is 0.152 e.